The molecule has 1 aromatic rings. The Balaban J connectivity index is 2.46. The van der Waals surface area contributed by atoms with Crippen molar-refractivity contribution in [2.75, 3.05) is 0 Å². The van der Waals surface area contributed by atoms with Crippen LogP contribution in [0.3, 0.4) is 0 Å². The van der Waals surface area contributed by atoms with Crippen molar-refractivity contribution in [1.82, 2.24) is 9.78 Å². The van der Waals surface area contributed by atoms with E-state index in [4.69, 9.17) is 5.73 Å². The Kier molecular flexibility index (Phi) is 3.91. The molecule has 0 bridgehead atoms. The minimum atomic E-state index is -0.0832. The Morgan fingerprint density at radius 3 is 2.67 bits per heavy atom. The molecule has 15 heavy (non-hydrogen) atoms. The molecule has 0 aliphatic rings. The van der Waals surface area contributed by atoms with E-state index in [0.29, 0.717) is 5.92 Å². The van der Waals surface area contributed by atoms with Gasteiger partial charge in [0.2, 0.25) is 0 Å². The molecule has 1 aromatic heterocycles. The topological polar surface area (TPSA) is 43.8 Å². The molecule has 0 atom stereocenters. The highest BCUT2D eigenvalue weighted by Crippen LogP contribution is 2.10. The summed E-state index contributed by atoms with van der Waals surface area (Å²) in [6.07, 6.45) is 6.10. The second kappa shape index (κ2) is 4.79. The van der Waals surface area contributed by atoms with Crippen LogP contribution in [0.15, 0.2) is 12.4 Å². The number of nitrogens with two attached hydrogens (primary N) is 1. The Morgan fingerprint density at radius 2 is 2.13 bits per heavy atom. The van der Waals surface area contributed by atoms with Crippen molar-refractivity contribution >= 4 is 0 Å². The fourth-order valence-electron chi connectivity index (χ4n) is 1.48. The number of aryl methyl sites for hydroxylation is 1. The molecule has 3 nitrogen and oxygen atoms in total. The average Bonchev–Trinajstić information content (AvgIpc) is 2.46. The lowest BCUT2D eigenvalue weighted by molar-refractivity contribution is 0.473. The molecule has 0 aliphatic heterocycles. The van der Waals surface area contributed by atoms with E-state index in [1.54, 1.807) is 0 Å². The first-order valence-electron chi connectivity index (χ1n) is 5.67. The van der Waals surface area contributed by atoms with Crippen molar-refractivity contribution < 1.29 is 0 Å². The number of aromatic nitrogens is 2. The van der Waals surface area contributed by atoms with E-state index in [2.05, 4.69) is 39.0 Å². The lowest BCUT2D eigenvalue weighted by Gasteiger charge is -2.17. The Labute approximate surface area is 92.7 Å². The number of nitrogens with zero attached hydrogens (tertiary/aromatic N) is 2. The van der Waals surface area contributed by atoms with Crippen LogP contribution in [0.5, 0.6) is 0 Å². The van der Waals surface area contributed by atoms with Crippen LogP contribution in [-0.2, 0) is 13.0 Å². The van der Waals surface area contributed by atoms with Crippen molar-refractivity contribution in [2.24, 2.45) is 11.7 Å². The largest absolute Gasteiger partial charge is 0.326 e. The summed E-state index contributed by atoms with van der Waals surface area (Å²) in [6.45, 7) is 9.51. The lowest BCUT2D eigenvalue weighted by Crippen LogP contribution is -2.32. The highest BCUT2D eigenvalue weighted by atomic mass is 15.3. The van der Waals surface area contributed by atoms with Crippen molar-refractivity contribution in [3.63, 3.8) is 0 Å². The highest BCUT2D eigenvalue weighted by Gasteiger charge is 2.11. The van der Waals surface area contributed by atoms with Gasteiger partial charge in [-0.2, -0.15) is 5.10 Å². The van der Waals surface area contributed by atoms with Gasteiger partial charge in [-0.25, -0.2) is 0 Å². The van der Waals surface area contributed by atoms with Crippen LogP contribution in [0.2, 0.25) is 0 Å². The SMILES string of the molecule is CC(C)Cn1cc(CCC(C)(C)N)cn1. The van der Waals surface area contributed by atoms with Gasteiger partial charge in [-0.05, 0) is 38.2 Å². The predicted molar refractivity (Wildman–Crippen MR) is 63.7 cm³/mol. The van der Waals surface area contributed by atoms with Gasteiger partial charge in [-0.1, -0.05) is 13.8 Å². The zero-order valence-corrected chi connectivity index (χ0v) is 10.3. The first-order chi connectivity index (χ1) is 6.87. The number of hydrogen-bond acceptors (Lipinski definition) is 2. The van der Waals surface area contributed by atoms with Crippen LogP contribution >= 0.6 is 0 Å². The minimum Gasteiger partial charge on any atom is -0.326 e. The smallest absolute Gasteiger partial charge is 0.0521 e. The first kappa shape index (κ1) is 12.2. The third-order valence-corrected chi connectivity index (χ3v) is 2.30. The van der Waals surface area contributed by atoms with Gasteiger partial charge in [0.05, 0.1) is 6.20 Å². The second-order valence-electron chi connectivity index (χ2n) is 5.45. The molecule has 0 aliphatic carbocycles. The van der Waals surface area contributed by atoms with Crippen molar-refractivity contribution in [1.29, 1.82) is 0 Å². The standard InChI is InChI=1S/C12H23N3/c1-10(2)8-15-9-11(7-14-15)5-6-12(3,4)13/h7,9-10H,5-6,8,13H2,1-4H3. The summed E-state index contributed by atoms with van der Waals surface area (Å²) in [7, 11) is 0. The number of hydrogen-bond donors (Lipinski definition) is 1. The maximum absolute atomic E-state index is 5.94. The maximum atomic E-state index is 5.94. The molecule has 0 spiro atoms. The molecule has 0 radical (unpaired) electrons. The molecule has 2 N–H and O–H groups in total. The molecular weight excluding hydrogens is 186 g/mol. The Morgan fingerprint density at radius 1 is 1.47 bits per heavy atom. The van der Waals surface area contributed by atoms with Crippen molar-refractivity contribution in [3.8, 4) is 0 Å². The summed E-state index contributed by atoms with van der Waals surface area (Å²) in [5, 5.41) is 4.33. The van der Waals surface area contributed by atoms with Gasteiger partial charge in [0.25, 0.3) is 0 Å². The molecule has 0 unspecified atom stereocenters. The quantitative estimate of drug-likeness (QED) is 0.808. The summed E-state index contributed by atoms with van der Waals surface area (Å²) in [5.74, 6) is 0.642. The van der Waals surface area contributed by atoms with E-state index in [1.165, 1.54) is 5.56 Å². The minimum absolute atomic E-state index is 0.0832. The van der Waals surface area contributed by atoms with Crippen LogP contribution in [0.25, 0.3) is 0 Å². The van der Waals surface area contributed by atoms with E-state index in [9.17, 15) is 0 Å². The molecule has 1 rings (SSSR count). The van der Waals surface area contributed by atoms with Gasteiger partial charge in [-0.3, -0.25) is 4.68 Å². The van der Waals surface area contributed by atoms with Crippen LogP contribution in [0.4, 0.5) is 0 Å². The van der Waals surface area contributed by atoms with Crippen LogP contribution in [0.1, 0.15) is 39.7 Å². The molecule has 1 heterocycles. The monoisotopic (exact) mass is 209 g/mol. The molecule has 0 amide bonds. The zero-order valence-electron chi connectivity index (χ0n) is 10.3. The van der Waals surface area contributed by atoms with E-state index in [1.807, 2.05) is 10.9 Å². The second-order valence-corrected chi connectivity index (χ2v) is 5.45. The lowest BCUT2D eigenvalue weighted by atomic mass is 9.98. The molecular formula is C12H23N3. The molecule has 0 saturated heterocycles. The van der Waals surface area contributed by atoms with Gasteiger partial charge in [0, 0.05) is 18.3 Å². The van der Waals surface area contributed by atoms with Crippen LogP contribution in [-0.4, -0.2) is 15.3 Å². The third-order valence-electron chi connectivity index (χ3n) is 2.30. The number of rotatable bonds is 5. The normalized spacial score (nSPS) is 12.4. The van der Waals surface area contributed by atoms with E-state index in [-0.39, 0.29) is 5.54 Å². The van der Waals surface area contributed by atoms with Gasteiger partial charge in [0.15, 0.2) is 0 Å². The summed E-state index contributed by atoms with van der Waals surface area (Å²) in [4.78, 5) is 0. The van der Waals surface area contributed by atoms with Crippen LogP contribution in [0, 0.1) is 5.92 Å². The fourth-order valence-corrected chi connectivity index (χ4v) is 1.48. The summed E-state index contributed by atoms with van der Waals surface area (Å²) >= 11 is 0. The predicted octanol–water partition coefficient (Wildman–Crippen LogP) is 2.21. The first-order valence-corrected chi connectivity index (χ1v) is 5.67. The molecule has 0 aromatic carbocycles. The summed E-state index contributed by atoms with van der Waals surface area (Å²) in [5.41, 5.74) is 7.15. The summed E-state index contributed by atoms with van der Waals surface area (Å²) < 4.78 is 2.02. The van der Waals surface area contributed by atoms with E-state index < -0.39 is 0 Å². The molecule has 0 saturated carbocycles. The van der Waals surface area contributed by atoms with Crippen LogP contribution < -0.4 is 5.73 Å². The van der Waals surface area contributed by atoms with E-state index >= 15 is 0 Å². The Hall–Kier alpha value is -0.830. The molecule has 0 fully saturated rings. The van der Waals surface area contributed by atoms with Crippen molar-refractivity contribution in [3.05, 3.63) is 18.0 Å². The molecule has 86 valence electrons. The van der Waals surface area contributed by atoms with Gasteiger partial charge >= 0.3 is 0 Å². The summed E-state index contributed by atoms with van der Waals surface area (Å²) in [6, 6.07) is 0. The average molecular weight is 209 g/mol. The van der Waals surface area contributed by atoms with Gasteiger partial charge in [0.1, 0.15) is 0 Å². The fraction of sp³-hybridized carbons (Fsp3) is 0.750. The van der Waals surface area contributed by atoms with E-state index in [0.717, 1.165) is 19.4 Å². The van der Waals surface area contributed by atoms with Gasteiger partial charge in [-0.15, -0.1) is 0 Å². The Bertz CT molecular complexity index is 294. The van der Waals surface area contributed by atoms with Gasteiger partial charge < -0.3 is 5.73 Å². The molecule has 3 heteroatoms. The highest BCUT2D eigenvalue weighted by molar-refractivity contribution is 5.04. The third kappa shape index (κ3) is 4.98. The maximum Gasteiger partial charge on any atom is 0.0521 e. The van der Waals surface area contributed by atoms with Crippen molar-refractivity contribution in [2.45, 2.75) is 52.6 Å². The zero-order chi connectivity index (χ0) is 11.5.